The maximum Gasteiger partial charge on any atom is 0.240 e. The van der Waals surface area contributed by atoms with Gasteiger partial charge in [-0.25, -0.2) is 0 Å². The molecule has 6 nitrogen and oxygen atoms in total. The first-order valence-corrected chi connectivity index (χ1v) is 8.77. The number of ether oxygens (including phenoxy) is 1. The van der Waals surface area contributed by atoms with Crippen molar-refractivity contribution >= 4 is 18.1 Å². The summed E-state index contributed by atoms with van der Waals surface area (Å²) in [6, 6.07) is 17.3. The van der Waals surface area contributed by atoms with Gasteiger partial charge in [0, 0.05) is 12.1 Å². The molecule has 3 aromatic rings. The van der Waals surface area contributed by atoms with E-state index in [0.29, 0.717) is 23.7 Å². The van der Waals surface area contributed by atoms with Crippen molar-refractivity contribution in [3.05, 3.63) is 64.9 Å². The summed E-state index contributed by atoms with van der Waals surface area (Å²) < 4.78 is 7.54. The van der Waals surface area contributed by atoms with Crippen LogP contribution in [0.2, 0.25) is 0 Å². The normalized spacial score (nSPS) is 10.5. The molecule has 134 valence electrons. The fourth-order valence-electron chi connectivity index (χ4n) is 2.55. The molecular weight excluding hydrogens is 348 g/mol. The van der Waals surface area contributed by atoms with Gasteiger partial charge in [0.1, 0.15) is 12.3 Å². The van der Waals surface area contributed by atoms with E-state index in [4.69, 9.17) is 17.0 Å². The molecule has 2 aromatic carbocycles. The second-order valence-electron chi connectivity index (χ2n) is 5.66. The van der Waals surface area contributed by atoms with Crippen LogP contribution >= 0.6 is 12.2 Å². The summed E-state index contributed by atoms with van der Waals surface area (Å²) in [5.74, 6) is 1.28. The van der Waals surface area contributed by atoms with Crippen molar-refractivity contribution < 1.29 is 9.53 Å². The lowest BCUT2D eigenvalue weighted by molar-refractivity contribution is -0.121. The van der Waals surface area contributed by atoms with Gasteiger partial charge in [-0.2, -0.15) is 5.10 Å². The molecule has 0 bridgehead atoms. The predicted octanol–water partition coefficient (Wildman–Crippen LogP) is 3.32. The highest BCUT2D eigenvalue weighted by atomic mass is 32.1. The Kier molecular flexibility index (Phi) is 5.80. The first-order valence-electron chi connectivity index (χ1n) is 8.36. The van der Waals surface area contributed by atoms with Crippen LogP contribution in [0.15, 0.2) is 54.6 Å². The highest BCUT2D eigenvalue weighted by molar-refractivity contribution is 7.71. The molecular formula is C19H20N4O2S. The average Bonchev–Trinajstić information content (AvgIpc) is 3.02. The Hall–Kier alpha value is -2.93. The van der Waals surface area contributed by atoms with Crippen LogP contribution in [-0.4, -0.2) is 27.3 Å². The molecule has 1 heterocycles. The van der Waals surface area contributed by atoms with Crippen LogP contribution in [0.25, 0.3) is 11.4 Å². The zero-order chi connectivity index (χ0) is 18.4. The Morgan fingerprint density at radius 2 is 1.92 bits per heavy atom. The van der Waals surface area contributed by atoms with Gasteiger partial charge in [0.2, 0.25) is 5.91 Å². The number of hydrogen-bond donors (Lipinski definition) is 2. The number of amides is 1. The summed E-state index contributed by atoms with van der Waals surface area (Å²) in [5.41, 5.74) is 1.90. The molecule has 0 spiro atoms. The van der Waals surface area contributed by atoms with Crippen LogP contribution in [0.5, 0.6) is 5.75 Å². The van der Waals surface area contributed by atoms with Crippen molar-refractivity contribution in [3.8, 4) is 17.1 Å². The van der Waals surface area contributed by atoms with Crippen LogP contribution in [0, 0.1) is 4.77 Å². The number of aromatic nitrogens is 3. The topological polar surface area (TPSA) is 71.9 Å². The van der Waals surface area contributed by atoms with E-state index in [1.165, 1.54) is 0 Å². The first kappa shape index (κ1) is 17.9. The molecule has 0 saturated heterocycles. The largest absolute Gasteiger partial charge is 0.494 e. The maximum absolute atomic E-state index is 12.3. The molecule has 0 aliphatic carbocycles. The summed E-state index contributed by atoms with van der Waals surface area (Å²) in [6.45, 7) is 3.13. The molecule has 0 fully saturated rings. The molecule has 0 aliphatic rings. The van der Waals surface area contributed by atoms with E-state index in [0.717, 1.165) is 16.9 Å². The molecule has 2 N–H and O–H groups in total. The number of aromatic amines is 1. The molecule has 1 amide bonds. The van der Waals surface area contributed by atoms with Crippen molar-refractivity contribution in [2.24, 2.45) is 0 Å². The van der Waals surface area contributed by atoms with Gasteiger partial charge in [-0.15, -0.1) is 0 Å². The van der Waals surface area contributed by atoms with Gasteiger partial charge < -0.3 is 10.1 Å². The summed E-state index contributed by atoms with van der Waals surface area (Å²) >= 11 is 5.28. The van der Waals surface area contributed by atoms with Crippen LogP contribution in [0.1, 0.15) is 12.5 Å². The van der Waals surface area contributed by atoms with Crippen LogP contribution in [0.3, 0.4) is 0 Å². The minimum atomic E-state index is -0.126. The summed E-state index contributed by atoms with van der Waals surface area (Å²) in [7, 11) is 0. The number of hydrogen-bond acceptors (Lipinski definition) is 4. The van der Waals surface area contributed by atoms with E-state index >= 15 is 0 Å². The first-order chi connectivity index (χ1) is 12.7. The van der Waals surface area contributed by atoms with Crippen molar-refractivity contribution in [1.82, 2.24) is 20.1 Å². The fourth-order valence-corrected chi connectivity index (χ4v) is 2.74. The molecule has 1 aromatic heterocycles. The molecule has 0 unspecified atom stereocenters. The minimum Gasteiger partial charge on any atom is -0.494 e. The zero-order valence-electron chi connectivity index (χ0n) is 14.4. The summed E-state index contributed by atoms with van der Waals surface area (Å²) in [6.07, 6.45) is 0. The van der Waals surface area contributed by atoms with Gasteiger partial charge in [-0.1, -0.05) is 30.3 Å². The molecule has 0 saturated carbocycles. The van der Waals surface area contributed by atoms with Crippen molar-refractivity contribution in [3.63, 3.8) is 0 Å². The number of benzene rings is 2. The van der Waals surface area contributed by atoms with Gasteiger partial charge in [0.15, 0.2) is 10.6 Å². The molecule has 26 heavy (non-hydrogen) atoms. The molecule has 7 heteroatoms. The van der Waals surface area contributed by atoms with E-state index in [1.807, 2.05) is 61.5 Å². The van der Waals surface area contributed by atoms with Crippen LogP contribution < -0.4 is 10.1 Å². The van der Waals surface area contributed by atoms with Crippen LogP contribution in [0.4, 0.5) is 0 Å². The average molecular weight is 368 g/mol. The second kappa shape index (κ2) is 8.44. The van der Waals surface area contributed by atoms with Crippen molar-refractivity contribution in [1.29, 1.82) is 0 Å². The smallest absolute Gasteiger partial charge is 0.240 e. The quantitative estimate of drug-likeness (QED) is 0.628. The minimum absolute atomic E-state index is 0.102. The van der Waals surface area contributed by atoms with E-state index in [9.17, 15) is 4.79 Å². The summed E-state index contributed by atoms with van der Waals surface area (Å²) in [5, 5.41) is 9.92. The Morgan fingerprint density at radius 1 is 1.19 bits per heavy atom. The number of carbonyl (C=O) groups excluding carboxylic acids is 1. The molecule has 0 radical (unpaired) electrons. The number of H-pyrrole nitrogens is 1. The zero-order valence-corrected chi connectivity index (χ0v) is 15.3. The summed E-state index contributed by atoms with van der Waals surface area (Å²) in [4.78, 5) is 12.3. The molecule has 3 rings (SSSR count). The van der Waals surface area contributed by atoms with E-state index in [1.54, 1.807) is 4.57 Å². The Balaban J connectivity index is 1.71. The standard InChI is InChI=1S/C19H20N4O2S/c1-2-25-16-10-8-15(9-11-16)18-21-22-19(26)23(18)13-17(24)20-12-14-6-4-3-5-7-14/h3-11H,2,12-13H2,1H3,(H,20,24)(H,22,26). The van der Waals surface area contributed by atoms with Gasteiger partial charge in [-0.3, -0.25) is 14.5 Å². The third-order valence-corrected chi connectivity index (χ3v) is 4.13. The van der Waals surface area contributed by atoms with Gasteiger partial charge >= 0.3 is 0 Å². The van der Waals surface area contributed by atoms with E-state index in [-0.39, 0.29) is 12.5 Å². The highest BCUT2D eigenvalue weighted by Crippen LogP contribution is 2.21. The van der Waals surface area contributed by atoms with Gasteiger partial charge in [-0.05, 0) is 49.0 Å². The lowest BCUT2D eigenvalue weighted by Gasteiger charge is -2.09. The van der Waals surface area contributed by atoms with E-state index in [2.05, 4.69) is 15.5 Å². The Morgan fingerprint density at radius 3 is 2.62 bits per heavy atom. The van der Waals surface area contributed by atoms with Crippen molar-refractivity contribution in [2.45, 2.75) is 20.0 Å². The third-order valence-electron chi connectivity index (χ3n) is 3.82. The van der Waals surface area contributed by atoms with Gasteiger partial charge in [0.25, 0.3) is 0 Å². The molecule has 0 atom stereocenters. The third kappa shape index (κ3) is 4.37. The van der Waals surface area contributed by atoms with Gasteiger partial charge in [0.05, 0.1) is 6.61 Å². The van der Waals surface area contributed by atoms with Crippen molar-refractivity contribution in [2.75, 3.05) is 6.61 Å². The molecule has 0 aliphatic heterocycles. The van der Waals surface area contributed by atoms with Crippen LogP contribution in [-0.2, 0) is 17.9 Å². The second-order valence-corrected chi connectivity index (χ2v) is 6.04. The maximum atomic E-state index is 12.3. The Labute approximate surface area is 156 Å². The lowest BCUT2D eigenvalue weighted by atomic mass is 10.2. The highest BCUT2D eigenvalue weighted by Gasteiger charge is 2.12. The number of rotatable bonds is 7. The number of carbonyl (C=O) groups is 1. The number of nitrogens with zero attached hydrogens (tertiary/aromatic N) is 2. The Bertz CT molecular complexity index is 917. The lowest BCUT2D eigenvalue weighted by Crippen LogP contribution is -2.27. The van der Waals surface area contributed by atoms with E-state index < -0.39 is 0 Å². The predicted molar refractivity (Wildman–Crippen MR) is 102 cm³/mol. The monoisotopic (exact) mass is 368 g/mol. The SMILES string of the molecule is CCOc1ccc(-c2n[nH]c(=S)n2CC(=O)NCc2ccccc2)cc1. The number of nitrogens with one attached hydrogen (secondary N) is 2. The fraction of sp³-hybridized carbons (Fsp3) is 0.211.